The zero-order valence-electron chi connectivity index (χ0n) is 14.1. The molecule has 1 aromatic heterocycles. The number of aryl methyl sites for hydroxylation is 1. The van der Waals surface area contributed by atoms with Gasteiger partial charge in [-0.15, -0.1) is 0 Å². The van der Waals surface area contributed by atoms with Crippen LogP contribution < -0.4 is 5.32 Å². The van der Waals surface area contributed by atoms with Crippen LogP contribution in [0.25, 0.3) is 0 Å². The molecule has 0 bridgehead atoms. The minimum atomic E-state index is 0.920. The van der Waals surface area contributed by atoms with E-state index in [1.54, 1.807) is 0 Å². The molecule has 0 aromatic carbocycles. The van der Waals surface area contributed by atoms with Crippen LogP contribution in [0.4, 0.5) is 0 Å². The first-order valence-electron chi connectivity index (χ1n) is 8.42. The molecule has 0 radical (unpaired) electrons. The van der Waals surface area contributed by atoms with Crippen LogP contribution in [0.1, 0.15) is 37.9 Å². The lowest BCUT2D eigenvalue weighted by atomic mass is 10.2. The molecule has 1 aliphatic rings. The van der Waals surface area contributed by atoms with Crippen molar-refractivity contribution in [2.75, 3.05) is 32.7 Å². The fraction of sp³-hybridized carbons (Fsp3) is 0.750. The van der Waals surface area contributed by atoms with Gasteiger partial charge in [-0.25, -0.2) is 0 Å². The average Bonchev–Trinajstić information content (AvgIpc) is 2.88. The molecule has 1 N–H and O–H groups in total. The SMILES string of the molecule is CCCCNC(=S)N1CCN(Cc2cnn(CC)c2C)CC1. The number of hydrogen-bond donors (Lipinski definition) is 1. The van der Waals surface area contributed by atoms with E-state index >= 15 is 0 Å². The maximum absolute atomic E-state index is 5.48. The van der Waals surface area contributed by atoms with Crippen molar-refractivity contribution in [3.05, 3.63) is 17.5 Å². The van der Waals surface area contributed by atoms with Crippen LogP contribution in [-0.2, 0) is 13.1 Å². The van der Waals surface area contributed by atoms with Gasteiger partial charge in [-0.3, -0.25) is 9.58 Å². The van der Waals surface area contributed by atoms with E-state index in [0.29, 0.717) is 0 Å². The fourth-order valence-electron chi connectivity index (χ4n) is 2.79. The second-order valence-electron chi connectivity index (χ2n) is 5.92. The first-order valence-corrected chi connectivity index (χ1v) is 8.83. The molecule has 2 rings (SSSR count). The molecule has 1 aromatic rings. The molecule has 0 unspecified atom stereocenters. The number of aromatic nitrogens is 2. The first kappa shape index (κ1) is 17.2. The summed E-state index contributed by atoms with van der Waals surface area (Å²) in [4.78, 5) is 4.79. The third-order valence-electron chi connectivity index (χ3n) is 4.36. The van der Waals surface area contributed by atoms with Crippen LogP contribution >= 0.6 is 12.2 Å². The van der Waals surface area contributed by atoms with E-state index in [1.807, 2.05) is 6.20 Å². The van der Waals surface area contributed by atoms with Crippen LogP contribution in [0.5, 0.6) is 0 Å². The van der Waals surface area contributed by atoms with E-state index in [1.165, 1.54) is 24.1 Å². The highest BCUT2D eigenvalue weighted by Crippen LogP contribution is 2.12. The summed E-state index contributed by atoms with van der Waals surface area (Å²) in [6, 6.07) is 0. The van der Waals surface area contributed by atoms with Crippen molar-refractivity contribution in [3.63, 3.8) is 0 Å². The minimum absolute atomic E-state index is 0.920. The standard InChI is InChI=1S/C16H29N5S/c1-4-6-7-17-16(22)20-10-8-19(9-11-20)13-15-12-18-21(5-2)14(15)3/h12H,4-11,13H2,1-3H3,(H,17,22). The number of nitrogens with one attached hydrogen (secondary N) is 1. The maximum Gasteiger partial charge on any atom is 0.169 e. The Morgan fingerprint density at radius 2 is 2.00 bits per heavy atom. The highest BCUT2D eigenvalue weighted by Gasteiger charge is 2.19. The van der Waals surface area contributed by atoms with Gasteiger partial charge in [0.15, 0.2) is 5.11 Å². The molecule has 0 spiro atoms. The highest BCUT2D eigenvalue weighted by atomic mass is 32.1. The van der Waals surface area contributed by atoms with Crippen molar-refractivity contribution in [2.24, 2.45) is 0 Å². The van der Waals surface area contributed by atoms with Gasteiger partial charge in [-0.2, -0.15) is 5.10 Å². The second kappa shape index (κ2) is 8.48. The number of hydrogen-bond acceptors (Lipinski definition) is 3. The van der Waals surface area contributed by atoms with Gasteiger partial charge in [0.1, 0.15) is 0 Å². The molecule has 22 heavy (non-hydrogen) atoms. The monoisotopic (exact) mass is 323 g/mol. The van der Waals surface area contributed by atoms with Crippen molar-refractivity contribution in [1.29, 1.82) is 0 Å². The van der Waals surface area contributed by atoms with Crippen LogP contribution in [0.3, 0.4) is 0 Å². The van der Waals surface area contributed by atoms with E-state index in [-0.39, 0.29) is 0 Å². The first-order chi connectivity index (χ1) is 10.7. The summed E-state index contributed by atoms with van der Waals surface area (Å²) in [5, 5.41) is 8.72. The average molecular weight is 324 g/mol. The van der Waals surface area contributed by atoms with Gasteiger partial charge >= 0.3 is 0 Å². The Morgan fingerprint density at radius 3 is 2.59 bits per heavy atom. The van der Waals surface area contributed by atoms with Gasteiger partial charge in [0.25, 0.3) is 0 Å². The summed E-state index contributed by atoms with van der Waals surface area (Å²) in [6.45, 7) is 13.6. The largest absolute Gasteiger partial charge is 0.363 e. The minimum Gasteiger partial charge on any atom is -0.363 e. The fourth-order valence-corrected chi connectivity index (χ4v) is 3.08. The molecule has 6 heteroatoms. The molecule has 1 aliphatic heterocycles. The molecule has 2 heterocycles. The summed E-state index contributed by atoms with van der Waals surface area (Å²) in [5.74, 6) is 0. The van der Waals surface area contributed by atoms with Crippen molar-refractivity contribution >= 4 is 17.3 Å². The molecule has 124 valence electrons. The molecular weight excluding hydrogens is 294 g/mol. The van der Waals surface area contributed by atoms with Gasteiger partial charge in [-0.1, -0.05) is 13.3 Å². The second-order valence-corrected chi connectivity index (χ2v) is 6.31. The molecule has 0 atom stereocenters. The Labute approximate surface area is 139 Å². The van der Waals surface area contributed by atoms with Crippen LogP contribution in [-0.4, -0.2) is 57.4 Å². The number of unbranched alkanes of at least 4 members (excludes halogenated alkanes) is 1. The normalized spacial score (nSPS) is 16.0. The van der Waals surface area contributed by atoms with Gasteiger partial charge < -0.3 is 10.2 Å². The quantitative estimate of drug-likeness (QED) is 0.640. The van der Waals surface area contributed by atoms with Crippen LogP contribution in [0.2, 0.25) is 0 Å². The lowest BCUT2D eigenvalue weighted by Crippen LogP contribution is -2.51. The predicted octanol–water partition coefficient (Wildman–Crippen LogP) is 2.00. The molecule has 1 saturated heterocycles. The number of rotatable bonds is 6. The summed E-state index contributed by atoms with van der Waals surface area (Å²) >= 11 is 5.48. The smallest absolute Gasteiger partial charge is 0.169 e. The van der Waals surface area contributed by atoms with Gasteiger partial charge in [-0.05, 0) is 32.5 Å². The van der Waals surface area contributed by atoms with Gasteiger partial charge in [0.05, 0.1) is 6.20 Å². The Morgan fingerprint density at radius 1 is 1.27 bits per heavy atom. The lowest BCUT2D eigenvalue weighted by Gasteiger charge is -2.36. The summed E-state index contributed by atoms with van der Waals surface area (Å²) in [6.07, 6.45) is 4.40. The lowest BCUT2D eigenvalue weighted by molar-refractivity contribution is 0.174. The Kier molecular flexibility index (Phi) is 6.64. The molecule has 0 amide bonds. The number of nitrogens with zero attached hydrogens (tertiary/aromatic N) is 4. The van der Waals surface area contributed by atoms with E-state index in [2.05, 4.69) is 45.7 Å². The van der Waals surface area contributed by atoms with Gasteiger partial charge in [0, 0.05) is 57.1 Å². The zero-order valence-corrected chi connectivity index (χ0v) is 15.0. The van der Waals surface area contributed by atoms with E-state index < -0.39 is 0 Å². The summed E-state index contributed by atoms with van der Waals surface area (Å²) in [5.41, 5.74) is 2.64. The molecular formula is C16H29N5S. The van der Waals surface area contributed by atoms with Gasteiger partial charge in [0.2, 0.25) is 0 Å². The van der Waals surface area contributed by atoms with Crippen molar-refractivity contribution in [1.82, 2.24) is 24.9 Å². The molecule has 0 saturated carbocycles. The van der Waals surface area contributed by atoms with Crippen molar-refractivity contribution in [3.8, 4) is 0 Å². The van der Waals surface area contributed by atoms with Crippen molar-refractivity contribution in [2.45, 2.75) is 46.7 Å². The molecule has 1 fully saturated rings. The van der Waals surface area contributed by atoms with E-state index in [4.69, 9.17) is 12.2 Å². The number of thiocarbonyl (C=S) groups is 1. The van der Waals surface area contributed by atoms with Crippen LogP contribution in [0.15, 0.2) is 6.20 Å². The Hall–Kier alpha value is -1.14. The van der Waals surface area contributed by atoms with E-state index in [0.717, 1.165) is 50.9 Å². The molecule has 0 aliphatic carbocycles. The zero-order chi connectivity index (χ0) is 15.9. The number of piperazine rings is 1. The maximum atomic E-state index is 5.48. The van der Waals surface area contributed by atoms with E-state index in [9.17, 15) is 0 Å². The van der Waals surface area contributed by atoms with Crippen molar-refractivity contribution < 1.29 is 0 Å². The predicted molar refractivity (Wildman–Crippen MR) is 95.0 cm³/mol. The summed E-state index contributed by atoms with van der Waals surface area (Å²) < 4.78 is 2.07. The summed E-state index contributed by atoms with van der Waals surface area (Å²) in [7, 11) is 0. The molecule has 5 nitrogen and oxygen atoms in total. The Bertz CT molecular complexity index is 477. The Balaban J connectivity index is 1.77. The highest BCUT2D eigenvalue weighted by molar-refractivity contribution is 7.80. The topological polar surface area (TPSA) is 36.3 Å². The third-order valence-corrected chi connectivity index (χ3v) is 4.77. The third kappa shape index (κ3) is 4.43. The van der Waals surface area contributed by atoms with Crippen LogP contribution in [0, 0.1) is 6.92 Å².